The molecule has 2 aliphatic rings. The van der Waals surface area contributed by atoms with Crippen LogP contribution in [-0.2, 0) is 9.59 Å². The Morgan fingerprint density at radius 2 is 1.71 bits per heavy atom. The average molecular weight is 306 g/mol. The molecular formula is C15H12ClNO4. The zero-order valence-corrected chi connectivity index (χ0v) is 11.7. The fraction of sp³-hybridized carbons (Fsp3) is 0.267. The van der Waals surface area contributed by atoms with Gasteiger partial charge in [0.1, 0.15) is 0 Å². The van der Waals surface area contributed by atoms with Gasteiger partial charge in [-0.3, -0.25) is 14.5 Å². The Hall–Kier alpha value is -2.14. The Bertz CT molecular complexity index is 656. The lowest BCUT2D eigenvalue weighted by atomic mass is 9.85. The molecule has 0 spiro atoms. The Labute approximate surface area is 125 Å². The van der Waals surface area contributed by atoms with Gasteiger partial charge in [0.05, 0.1) is 28.1 Å². The van der Waals surface area contributed by atoms with E-state index in [-0.39, 0.29) is 39.9 Å². The van der Waals surface area contributed by atoms with Crippen molar-refractivity contribution in [1.82, 2.24) is 0 Å². The first-order valence-corrected chi connectivity index (χ1v) is 6.94. The van der Waals surface area contributed by atoms with Gasteiger partial charge >= 0.3 is 5.97 Å². The summed E-state index contributed by atoms with van der Waals surface area (Å²) in [4.78, 5) is 37.0. The van der Waals surface area contributed by atoms with Gasteiger partial charge in [0, 0.05) is 0 Å². The Kier molecular flexibility index (Phi) is 3.29. The van der Waals surface area contributed by atoms with Gasteiger partial charge in [-0.05, 0) is 31.0 Å². The number of fused-ring (bicyclic) bond motifs is 1. The predicted octanol–water partition coefficient (Wildman–Crippen LogP) is 2.49. The van der Waals surface area contributed by atoms with Crippen LogP contribution in [0, 0.1) is 11.8 Å². The van der Waals surface area contributed by atoms with E-state index in [9.17, 15) is 14.4 Å². The number of imide groups is 1. The topological polar surface area (TPSA) is 74.7 Å². The van der Waals surface area contributed by atoms with Gasteiger partial charge < -0.3 is 5.11 Å². The number of carboxylic acid groups (broad SMARTS) is 1. The summed E-state index contributed by atoms with van der Waals surface area (Å²) < 4.78 is 0. The van der Waals surface area contributed by atoms with Crippen LogP contribution in [0.3, 0.4) is 0 Å². The number of carboxylic acids is 1. The minimum Gasteiger partial charge on any atom is -0.478 e. The first-order valence-electron chi connectivity index (χ1n) is 6.56. The number of carbonyl (C=O) groups is 3. The first kappa shape index (κ1) is 13.8. The molecule has 1 aromatic carbocycles. The highest BCUT2D eigenvalue weighted by atomic mass is 35.5. The van der Waals surface area contributed by atoms with Crippen LogP contribution in [0.5, 0.6) is 0 Å². The number of amides is 2. The number of carbonyl (C=O) groups excluding carboxylic acids is 2. The number of anilines is 1. The van der Waals surface area contributed by atoms with Crippen molar-refractivity contribution in [2.24, 2.45) is 11.8 Å². The lowest BCUT2D eigenvalue weighted by Crippen LogP contribution is -2.31. The molecule has 108 valence electrons. The van der Waals surface area contributed by atoms with Crippen LogP contribution in [0.1, 0.15) is 23.2 Å². The molecule has 3 rings (SSSR count). The second-order valence-corrected chi connectivity index (χ2v) is 5.54. The molecule has 0 bridgehead atoms. The van der Waals surface area contributed by atoms with E-state index in [0.717, 1.165) is 4.90 Å². The molecule has 0 unspecified atom stereocenters. The first-order chi connectivity index (χ1) is 10.0. The van der Waals surface area contributed by atoms with Crippen molar-refractivity contribution in [3.05, 3.63) is 40.9 Å². The quantitative estimate of drug-likeness (QED) is 0.673. The Morgan fingerprint density at radius 1 is 1.14 bits per heavy atom. The molecule has 1 heterocycles. The van der Waals surface area contributed by atoms with Crippen LogP contribution in [0.25, 0.3) is 0 Å². The molecule has 5 nitrogen and oxygen atoms in total. The summed E-state index contributed by atoms with van der Waals surface area (Å²) in [5.41, 5.74) is 0.143. The lowest BCUT2D eigenvalue weighted by molar-refractivity contribution is -0.122. The summed E-state index contributed by atoms with van der Waals surface area (Å²) >= 11 is 5.81. The highest BCUT2D eigenvalue weighted by Crippen LogP contribution is 2.38. The number of nitrogens with zero attached hydrogens (tertiary/aromatic N) is 1. The van der Waals surface area contributed by atoms with Gasteiger partial charge in [0.15, 0.2) is 0 Å². The third-order valence-corrected chi connectivity index (χ3v) is 4.28. The number of hydrogen-bond donors (Lipinski definition) is 1. The molecule has 1 aromatic rings. The second-order valence-electron chi connectivity index (χ2n) is 5.14. The molecule has 21 heavy (non-hydrogen) atoms. The van der Waals surface area contributed by atoms with Gasteiger partial charge in [-0.2, -0.15) is 0 Å². The molecule has 1 N–H and O–H groups in total. The minimum atomic E-state index is -1.19. The van der Waals surface area contributed by atoms with Crippen LogP contribution < -0.4 is 4.90 Å². The molecule has 2 amide bonds. The highest BCUT2D eigenvalue weighted by Gasteiger charge is 2.47. The van der Waals surface area contributed by atoms with Crippen LogP contribution in [-0.4, -0.2) is 22.9 Å². The molecule has 0 saturated carbocycles. The SMILES string of the molecule is O=C(O)c1cc(N2C(=O)[C@H]3CC=CC[C@H]3C2=O)ccc1Cl. The number of allylic oxidation sites excluding steroid dienone is 2. The van der Waals surface area contributed by atoms with E-state index in [1.807, 2.05) is 12.2 Å². The second kappa shape index (κ2) is 5.00. The molecule has 6 heteroatoms. The summed E-state index contributed by atoms with van der Waals surface area (Å²) in [6.07, 6.45) is 4.90. The predicted molar refractivity (Wildman–Crippen MR) is 76.3 cm³/mol. The van der Waals surface area contributed by atoms with Crippen molar-refractivity contribution in [3.8, 4) is 0 Å². The number of halogens is 1. The van der Waals surface area contributed by atoms with Crippen molar-refractivity contribution in [3.63, 3.8) is 0 Å². The van der Waals surface area contributed by atoms with Crippen molar-refractivity contribution in [2.75, 3.05) is 4.90 Å². The van der Waals surface area contributed by atoms with Crippen molar-refractivity contribution < 1.29 is 19.5 Å². The van der Waals surface area contributed by atoms with Gasteiger partial charge in [0.2, 0.25) is 11.8 Å². The highest BCUT2D eigenvalue weighted by molar-refractivity contribution is 6.34. The lowest BCUT2D eigenvalue weighted by Gasteiger charge is -2.15. The van der Waals surface area contributed by atoms with Gasteiger partial charge in [-0.25, -0.2) is 4.79 Å². The maximum Gasteiger partial charge on any atom is 0.337 e. The van der Waals surface area contributed by atoms with Gasteiger partial charge in [-0.1, -0.05) is 23.8 Å². The number of benzene rings is 1. The standard InChI is InChI=1S/C15H12ClNO4/c16-12-6-5-8(7-11(12)15(20)21)17-13(18)9-3-1-2-4-10(9)14(17)19/h1-2,5-7,9-10H,3-4H2,(H,20,21)/t9-,10+. The monoisotopic (exact) mass is 305 g/mol. The van der Waals surface area contributed by atoms with E-state index < -0.39 is 5.97 Å². The summed E-state index contributed by atoms with van der Waals surface area (Å²) in [7, 11) is 0. The third kappa shape index (κ3) is 2.14. The van der Waals surface area contributed by atoms with E-state index in [1.165, 1.54) is 18.2 Å². The van der Waals surface area contributed by atoms with E-state index in [0.29, 0.717) is 12.8 Å². The van der Waals surface area contributed by atoms with Crippen LogP contribution in [0.2, 0.25) is 5.02 Å². The molecular weight excluding hydrogens is 294 g/mol. The molecule has 0 radical (unpaired) electrons. The van der Waals surface area contributed by atoms with E-state index in [1.54, 1.807) is 0 Å². The molecule has 1 fully saturated rings. The maximum absolute atomic E-state index is 12.4. The van der Waals surface area contributed by atoms with Crippen molar-refractivity contribution in [1.29, 1.82) is 0 Å². The summed E-state index contributed by atoms with van der Waals surface area (Å²) in [6.45, 7) is 0. The summed E-state index contributed by atoms with van der Waals surface area (Å²) in [6, 6.07) is 4.15. The van der Waals surface area contributed by atoms with E-state index >= 15 is 0 Å². The van der Waals surface area contributed by atoms with Crippen LogP contribution >= 0.6 is 11.6 Å². The summed E-state index contributed by atoms with van der Waals surface area (Å²) in [5.74, 6) is -2.42. The van der Waals surface area contributed by atoms with Crippen LogP contribution in [0.4, 0.5) is 5.69 Å². The maximum atomic E-state index is 12.4. The normalized spacial score (nSPS) is 24.3. The Morgan fingerprint density at radius 3 is 2.24 bits per heavy atom. The van der Waals surface area contributed by atoms with Gasteiger partial charge in [-0.15, -0.1) is 0 Å². The fourth-order valence-electron chi connectivity index (χ4n) is 2.87. The third-order valence-electron chi connectivity index (χ3n) is 3.95. The smallest absolute Gasteiger partial charge is 0.337 e. The van der Waals surface area contributed by atoms with Crippen molar-refractivity contribution in [2.45, 2.75) is 12.8 Å². The van der Waals surface area contributed by atoms with Crippen LogP contribution in [0.15, 0.2) is 30.4 Å². The average Bonchev–Trinajstić information content (AvgIpc) is 2.72. The Balaban J connectivity index is 2.01. The molecule has 1 saturated heterocycles. The number of rotatable bonds is 2. The largest absolute Gasteiger partial charge is 0.478 e. The molecule has 0 aromatic heterocycles. The summed E-state index contributed by atoms with van der Waals surface area (Å²) in [5, 5.41) is 9.16. The zero-order chi connectivity index (χ0) is 15.1. The minimum absolute atomic E-state index is 0.0735. The number of hydrogen-bond acceptors (Lipinski definition) is 3. The van der Waals surface area contributed by atoms with E-state index in [4.69, 9.17) is 16.7 Å². The number of aromatic carboxylic acids is 1. The molecule has 1 aliphatic heterocycles. The van der Waals surface area contributed by atoms with E-state index in [2.05, 4.69) is 0 Å². The zero-order valence-electron chi connectivity index (χ0n) is 11.0. The van der Waals surface area contributed by atoms with Gasteiger partial charge in [0.25, 0.3) is 0 Å². The molecule has 1 aliphatic carbocycles. The molecule has 2 atom stereocenters. The van der Waals surface area contributed by atoms with Crippen molar-refractivity contribution >= 4 is 35.1 Å². The fourth-order valence-corrected chi connectivity index (χ4v) is 3.07.